The molecular weight excluding hydrogens is 255 g/mol. The van der Waals surface area contributed by atoms with Crippen LogP contribution in [-0.4, -0.2) is 6.26 Å². The summed E-state index contributed by atoms with van der Waals surface area (Å²) in [4.78, 5) is 1.36. The maximum Gasteiger partial charge on any atom is 0.0247 e. The second kappa shape index (κ2) is 4.23. The van der Waals surface area contributed by atoms with Gasteiger partial charge in [-0.2, -0.15) is 0 Å². The molecular formula is C8H9IS. The second-order valence-corrected chi connectivity index (χ2v) is 3.63. The van der Waals surface area contributed by atoms with Crippen molar-refractivity contribution in [3.63, 3.8) is 0 Å². The van der Waals surface area contributed by atoms with Gasteiger partial charge in [0.05, 0.1) is 0 Å². The molecule has 0 heterocycles. The first kappa shape index (κ1) is 8.40. The normalized spacial score (nSPS) is 9.80. The Bertz CT molecular complexity index is 191. The topological polar surface area (TPSA) is 0 Å². The molecule has 1 aromatic carbocycles. The molecule has 1 rings (SSSR count). The molecule has 1 aromatic rings. The van der Waals surface area contributed by atoms with Crippen LogP contribution in [0, 0.1) is 0 Å². The Morgan fingerprint density at radius 2 is 2.30 bits per heavy atom. The Morgan fingerprint density at radius 1 is 1.50 bits per heavy atom. The van der Waals surface area contributed by atoms with E-state index in [4.69, 9.17) is 0 Å². The van der Waals surface area contributed by atoms with Gasteiger partial charge in [0.2, 0.25) is 0 Å². The van der Waals surface area contributed by atoms with Gasteiger partial charge in [-0.05, 0) is 24.0 Å². The Morgan fingerprint density at radius 3 is 2.90 bits per heavy atom. The fourth-order valence-electron chi connectivity index (χ4n) is 0.756. The zero-order valence-electron chi connectivity index (χ0n) is 5.80. The Balaban J connectivity index is 2.87. The monoisotopic (exact) mass is 264 g/mol. The molecule has 0 amide bonds. The SMILES string of the molecule is CSc1cccc(CI)c1. The molecule has 0 aliphatic heterocycles. The van der Waals surface area contributed by atoms with Gasteiger partial charge in [0, 0.05) is 9.32 Å². The standard InChI is InChI=1S/C8H9IS/c1-10-8-4-2-3-7(5-8)6-9/h2-5H,6H2,1H3. The molecule has 0 fully saturated rings. The van der Waals surface area contributed by atoms with Crippen molar-refractivity contribution in [2.45, 2.75) is 9.32 Å². The maximum atomic E-state index is 2.38. The predicted molar refractivity (Wildman–Crippen MR) is 55.9 cm³/mol. The minimum absolute atomic E-state index is 1.10. The lowest BCUT2D eigenvalue weighted by Crippen LogP contribution is -1.76. The molecule has 0 saturated heterocycles. The molecule has 0 unspecified atom stereocenters. The van der Waals surface area contributed by atoms with Gasteiger partial charge in [-0.15, -0.1) is 11.8 Å². The van der Waals surface area contributed by atoms with E-state index in [-0.39, 0.29) is 0 Å². The fraction of sp³-hybridized carbons (Fsp3) is 0.250. The van der Waals surface area contributed by atoms with Crippen molar-refractivity contribution in [2.75, 3.05) is 6.26 Å². The van der Waals surface area contributed by atoms with Crippen molar-refractivity contribution in [1.29, 1.82) is 0 Å². The van der Waals surface area contributed by atoms with E-state index in [1.165, 1.54) is 10.5 Å². The van der Waals surface area contributed by atoms with Crippen LogP contribution in [0.15, 0.2) is 29.2 Å². The van der Waals surface area contributed by atoms with Crippen LogP contribution in [-0.2, 0) is 4.43 Å². The summed E-state index contributed by atoms with van der Waals surface area (Å²) in [5, 5.41) is 0. The number of hydrogen-bond donors (Lipinski definition) is 0. The van der Waals surface area contributed by atoms with Gasteiger partial charge in [-0.3, -0.25) is 0 Å². The molecule has 54 valence electrons. The van der Waals surface area contributed by atoms with Crippen molar-refractivity contribution in [2.24, 2.45) is 0 Å². The first-order valence-corrected chi connectivity index (χ1v) is 5.80. The summed E-state index contributed by atoms with van der Waals surface area (Å²) >= 11 is 4.17. The van der Waals surface area contributed by atoms with Gasteiger partial charge < -0.3 is 0 Å². The van der Waals surface area contributed by atoms with Gasteiger partial charge >= 0.3 is 0 Å². The van der Waals surface area contributed by atoms with Gasteiger partial charge in [-0.1, -0.05) is 34.7 Å². The molecule has 0 atom stereocenters. The van der Waals surface area contributed by atoms with Crippen LogP contribution in [0.1, 0.15) is 5.56 Å². The molecule has 0 bridgehead atoms. The van der Waals surface area contributed by atoms with Crippen molar-refractivity contribution in [3.05, 3.63) is 29.8 Å². The van der Waals surface area contributed by atoms with E-state index in [9.17, 15) is 0 Å². The predicted octanol–water partition coefficient (Wildman–Crippen LogP) is 3.34. The first-order chi connectivity index (χ1) is 4.86. The number of rotatable bonds is 2. The lowest BCUT2D eigenvalue weighted by molar-refractivity contribution is 1.36. The van der Waals surface area contributed by atoms with E-state index in [0.717, 1.165) is 4.43 Å². The van der Waals surface area contributed by atoms with Crippen molar-refractivity contribution >= 4 is 34.4 Å². The Kier molecular flexibility index (Phi) is 3.56. The summed E-state index contributed by atoms with van der Waals surface area (Å²) < 4.78 is 1.10. The molecule has 0 N–H and O–H groups in total. The number of alkyl halides is 1. The number of benzene rings is 1. The molecule has 2 heteroatoms. The van der Waals surface area contributed by atoms with Crippen LogP contribution in [0.2, 0.25) is 0 Å². The van der Waals surface area contributed by atoms with Crippen LogP contribution >= 0.6 is 34.4 Å². The minimum Gasteiger partial charge on any atom is -0.130 e. The Labute approximate surface area is 79.5 Å². The molecule has 10 heavy (non-hydrogen) atoms. The van der Waals surface area contributed by atoms with E-state index >= 15 is 0 Å². The van der Waals surface area contributed by atoms with E-state index in [1.54, 1.807) is 11.8 Å². The van der Waals surface area contributed by atoms with Crippen LogP contribution in [0.5, 0.6) is 0 Å². The van der Waals surface area contributed by atoms with Crippen LogP contribution in [0.4, 0.5) is 0 Å². The first-order valence-electron chi connectivity index (χ1n) is 3.05. The maximum absolute atomic E-state index is 2.38. The van der Waals surface area contributed by atoms with Crippen LogP contribution in [0.3, 0.4) is 0 Å². The third-order valence-corrected chi connectivity index (χ3v) is 2.89. The highest BCUT2D eigenvalue weighted by molar-refractivity contribution is 14.1. The minimum atomic E-state index is 1.10. The zero-order valence-corrected chi connectivity index (χ0v) is 8.78. The summed E-state index contributed by atoms with van der Waals surface area (Å²) in [6.07, 6.45) is 2.10. The molecule has 0 aliphatic rings. The highest BCUT2D eigenvalue weighted by atomic mass is 127. The quantitative estimate of drug-likeness (QED) is 0.448. The summed E-state index contributed by atoms with van der Waals surface area (Å²) in [5.41, 5.74) is 1.41. The molecule has 0 radical (unpaired) electrons. The van der Waals surface area contributed by atoms with Gasteiger partial charge in [0.1, 0.15) is 0 Å². The van der Waals surface area contributed by atoms with Gasteiger partial charge in [-0.25, -0.2) is 0 Å². The summed E-state index contributed by atoms with van der Waals surface area (Å²) in [5.74, 6) is 0. The average Bonchev–Trinajstić information content (AvgIpc) is 2.05. The van der Waals surface area contributed by atoms with Crippen molar-refractivity contribution in [3.8, 4) is 0 Å². The van der Waals surface area contributed by atoms with E-state index in [1.807, 2.05) is 0 Å². The second-order valence-electron chi connectivity index (χ2n) is 1.99. The molecule has 0 spiro atoms. The molecule has 0 nitrogen and oxygen atoms in total. The summed E-state index contributed by atoms with van der Waals surface area (Å²) in [6.45, 7) is 0. The van der Waals surface area contributed by atoms with Crippen LogP contribution < -0.4 is 0 Å². The van der Waals surface area contributed by atoms with E-state index in [2.05, 4.69) is 53.1 Å². The third kappa shape index (κ3) is 2.16. The summed E-state index contributed by atoms with van der Waals surface area (Å²) in [6, 6.07) is 8.64. The lowest BCUT2D eigenvalue weighted by Gasteiger charge is -1.97. The van der Waals surface area contributed by atoms with E-state index < -0.39 is 0 Å². The van der Waals surface area contributed by atoms with Crippen molar-refractivity contribution in [1.82, 2.24) is 0 Å². The molecule has 0 aromatic heterocycles. The highest BCUT2D eigenvalue weighted by Crippen LogP contribution is 2.17. The lowest BCUT2D eigenvalue weighted by atomic mass is 10.2. The smallest absolute Gasteiger partial charge is 0.0247 e. The van der Waals surface area contributed by atoms with Gasteiger partial charge in [0.15, 0.2) is 0 Å². The largest absolute Gasteiger partial charge is 0.130 e. The highest BCUT2D eigenvalue weighted by Gasteiger charge is 1.90. The fourth-order valence-corrected chi connectivity index (χ4v) is 1.71. The number of thioether (sulfide) groups is 1. The van der Waals surface area contributed by atoms with Crippen molar-refractivity contribution < 1.29 is 0 Å². The summed E-state index contributed by atoms with van der Waals surface area (Å²) in [7, 11) is 0. The third-order valence-electron chi connectivity index (χ3n) is 1.29. The number of halogens is 1. The number of hydrogen-bond acceptors (Lipinski definition) is 1. The molecule has 0 aliphatic carbocycles. The molecule has 0 saturated carbocycles. The van der Waals surface area contributed by atoms with Gasteiger partial charge in [0.25, 0.3) is 0 Å². The van der Waals surface area contributed by atoms with Crippen LogP contribution in [0.25, 0.3) is 0 Å². The zero-order chi connectivity index (χ0) is 7.40. The Hall–Kier alpha value is 0.300. The van der Waals surface area contributed by atoms with E-state index in [0.29, 0.717) is 0 Å². The average molecular weight is 264 g/mol.